The van der Waals surface area contributed by atoms with Crippen molar-refractivity contribution in [3.8, 4) is 0 Å². The van der Waals surface area contributed by atoms with Gasteiger partial charge in [0.1, 0.15) is 0 Å². The van der Waals surface area contributed by atoms with Crippen molar-refractivity contribution in [3.05, 3.63) is 0 Å². The normalized spacial score (nSPS) is 38.9. The van der Waals surface area contributed by atoms with E-state index < -0.39 is 5.60 Å². The van der Waals surface area contributed by atoms with Crippen LogP contribution in [0.15, 0.2) is 0 Å². The first kappa shape index (κ1) is 16.3. The molecule has 0 aromatic carbocycles. The zero-order chi connectivity index (χ0) is 14.8. The van der Waals surface area contributed by atoms with E-state index in [-0.39, 0.29) is 0 Å². The first-order valence-electron chi connectivity index (χ1n) is 8.52. The molecule has 0 spiro atoms. The average Bonchev–Trinajstić information content (AvgIpc) is 2.32. The maximum atomic E-state index is 10.3. The lowest BCUT2D eigenvalue weighted by molar-refractivity contribution is -0.0281. The first-order chi connectivity index (χ1) is 9.34. The second-order valence-corrected chi connectivity index (χ2v) is 8.01. The number of nitrogens with one attached hydrogen (secondary N) is 1. The summed E-state index contributed by atoms with van der Waals surface area (Å²) in [5.41, 5.74) is -0.0760. The van der Waals surface area contributed by atoms with Gasteiger partial charge in [-0.2, -0.15) is 0 Å². The van der Waals surface area contributed by atoms with Crippen LogP contribution in [0.3, 0.4) is 0 Å². The number of likely N-dealkylation sites (tertiary alicyclic amines) is 1. The van der Waals surface area contributed by atoms with Crippen LogP contribution < -0.4 is 5.32 Å². The predicted octanol–water partition coefficient (Wildman–Crippen LogP) is 2.64. The van der Waals surface area contributed by atoms with Crippen LogP contribution in [0.2, 0.25) is 0 Å². The Labute approximate surface area is 125 Å². The fourth-order valence-electron chi connectivity index (χ4n) is 4.45. The molecule has 1 aliphatic carbocycles. The standard InChI is InChI=1S/C17H34N2O/c1-5-18-15-14(8-6-9-16(15,2)3)12-19-11-7-10-17(4,20)13-19/h14-15,18,20H,5-13H2,1-4H3. The molecule has 0 amide bonds. The lowest BCUT2D eigenvalue weighted by atomic mass is 9.67. The molecular weight excluding hydrogens is 248 g/mol. The van der Waals surface area contributed by atoms with Crippen LogP contribution in [0.25, 0.3) is 0 Å². The van der Waals surface area contributed by atoms with E-state index in [1.807, 2.05) is 6.92 Å². The lowest BCUT2D eigenvalue weighted by Crippen LogP contribution is -2.55. The number of β-amino-alcohol motifs (C(OH)–C–C–N with tert-alkyl or cyclic N) is 1. The van der Waals surface area contributed by atoms with Crippen molar-refractivity contribution < 1.29 is 5.11 Å². The number of piperidine rings is 1. The van der Waals surface area contributed by atoms with Crippen molar-refractivity contribution in [1.82, 2.24) is 10.2 Å². The summed E-state index contributed by atoms with van der Waals surface area (Å²) in [5.74, 6) is 0.729. The van der Waals surface area contributed by atoms with Gasteiger partial charge in [0, 0.05) is 19.1 Å². The third-order valence-corrected chi connectivity index (χ3v) is 5.38. The number of aliphatic hydroxyl groups is 1. The largest absolute Gasteiger partial charge is 0.389 e. The van der Waals surface area contributed by atoms with E-state index in [2.05, 4.69) is 31.0 Å². The van der Waals surface area contributed by atoms with E-state index in [0.717, 1.165) is 44.9 Å². The predicted molar refractivity (Wildman–Crippen MR) is 84.9 cm³/mol. The highest BCUT2D eigenvalue weighted by molar-refractivity contribution is 4.95. The summed E-state index contributed by atoms with van der Waals surface area (Å²) in [6.45, 7) is 13.3. The second-order valence-electron chi connectivity index (χ2n) is 8.01. The number of nitrogens with zero attached hydrogens (tertiary/aromatic N) is 1. The van der Waals surface area contributed by atoms with Crippen molar-refractivity contribution in [3.63, 3.8) is 0 Å². The van der Waals surface area contributed by atoms with Gasteiger partial charge in [0.15, 0.2) is 0 Å². The summed E-state index contributed by atoms with van der Waals surface area (Å²) in [5, 5.41) is 14.0. The minimum atomic E-state index is -0.476. The SMILES string of the molecule is CCNC1C(CN2CCCC(C)(O)C2)CCCC1(C)C. The molecule has 20 heavy (non-hydrogen) atoms. The van der Waals surface area contributed by atoms with Gasteiger partial charge in [0.25, 0.3) is 0 Å². The van der Waals surface area contributed by atoms with Gasteiger partial charge in [-0.3, -0.25) is 0 Å². The Kier molecular flexibility index (Phi) is 5.14. The molecule has 118 valence electrons. The molecule has 0 aromatic heterocycles. The molecule has 2 aliphatic rings. The van der Waals surface area contributed by atoms with E-state index in [0.29, 0.717) is 11.5 Å². The first-order valence-corrected chi connectivity index (χ1v) is 8.52. The molecule has 0 aromatic rings. The second kappa shape index (κ2) is 6.33. The number of hydrogen-bond donors (Lipinski definition) is 2. The quantitative estimate of drug-likeness (QED) is 0.832. The van der Waals surface area contributed by atoms with Crippen LogP contribution >= 0.6 is 0 Å². The molecule has 2 rings (SSSR count). The summed E-state index contributed by atoms with van der Waals surface area (Å²) >= 11 is 0. The summed E-state index contributed by atoms with van der Waals surface area (Å²) in [7, 11) is 0. The molecule has 2 fully saturated rings. The number of hydrogen-bond acceptors (Lipinski definition) is 3. The average molecular weight is 282 g/mol. The van der Waals surface area contributed by atoms with Gasteiger partial charge < -0.3 is 15.3 Å². The topological polar surface area (TPSA) is 35.5 Å². The van der Waals surface area contributed by atoms with Gasteiger partial charge in [0.2, 0.25) is 0 Å². The molecule has 1 aliphatic heterocycles. The molecule has 1 saturated heterocycles. The summed E-state index contributed by atoms with van der Waals surface area (Å²) < 4.78 is 0. The van der Waals surface area contributed by atoms with Crippen molar-refractivity contribution in [2.75, 3.05) is 26.2 Å². The third kappa shape index (κ3) is 3.96. The molecule has 0 bridgehead atoms. The highest BCUT2D eigenvalue weighted by Gasteiger charge is 2.40. The smallest absolute Gasteiger partial charge is 0.0746 e. The van der Waals surface area contributed by atoms with Gasteiger partial charge in [0.05, 0.1) is 5.60 Å². The van der Waals surface area contributed by atoms with Crippen molar-refractivity contribution in [1.29, 1.82) is 0 Å². The van der Waals surface area contributed by atoms with Crippen LogP contribution in [0.5, 0.6) is 0 Å². The Morgan fingerprint density at radius 2 is 1.95 bits per heavy atom. The highest BCUT2D eigenvalue weighted by Crippen LogP contribution is 2.39. The van der Waals surface area contributed by atoms with Crippen molar-refractivity contribution in [2.24, 2.45) is 11.3 Å². The van der Waals surface area contributed by atoms with Crippen molar-refractivity contribution >= 4 is 0 Å². The van der Waals surface area contributed by atoms with E-state index in [9.17, 15) is 5.11 Å². The fourth-order valence-corrected chi connectivity index (χ4v) is 4.45. The van der Waals surface area contributed by atoms with E-state index in [1.54, 1.807) is 0 Å². The molecule has 3 nitrogen and oxygen atoms in total. The Hall–Kier alpha value is -0.120. The van der Waals surface area contributed by atoms with Crippen LogP contribution in [0.4, 0.5) is 0 Å². The molecule has 1 heterocycles. The third-order valence-electron chi connectivity index (χ3n) is 5.38. The highest BCUT2D eigenvalue weighted by atomic mass is 16.3. The van der Waals surface area contributed by atoms with Gasteiger partial charge in [-0.1, -0.05) is 27.2 Å². The van der Waals surface area contributed by atoms with Crippen LogP contribution in [0, 0.1) is 11.3 Å². The van der Waals surface area contributed by atoms with Crippen LogP contribution in [-0.4, -0.2) is 47.8 Å². The molecule has 3 atom stereocenters. The fraction of sp³-hybridized carbons (Fsp3) is 1.00. The Morgan fingerprint density at radius 3 is 2.60 bits per heavy atom. The molecule has 2 N–H and O–H groups in total. The number of rotatable bonds is 4. The van der Waals surface area contributed by atoms with E-state index >= 15 is 0 Å². The van der Waals surface area contributed by atoms with Crippen LogP contribution in [-0.2, 0) is 0 Å². The van der Waals surface area contributed by atoms with Gasteiger partial charge in [-0.15, -0.1) is 0 Å². The minimum Gasteiger partial charge on any atom is -0.389 e. The summed E-state index contributed by atoms with van der Waals surface area (Å²) in [4.78, 5) is 2.50. The van der Waals surface area contributed by atoms with Crippen LogP contribution in [0.1, 0.15) is 59.8 Å². The Morgan fingerprint density at radius 1 is 1.20 bits per heavy atom. The monoisotopic (exact) mass is 282 g/mol. The molecule has 3 heteroatoms. The van der Waals surface area contributed by atoms with E-state index in [4.69, 9.17) is 0 Å². The van der Waals surface area contributed by atoms with Gasteiger partial charge >= 0.3 is 0 Å². The molecule has 3 unspecified atom stereocenters. The zero-order valence-electron chi connectivity index (χ0n) is 13.9. The van der Waals surface area contributed by atoms with E-state index in [1.165, 1.54) is 19.3 Å². The van der Waals surface area contributed by atoms with Crippen molar-refractivity contribution in [2.45, 2.75) is 71.4 Å². The zero-order valence-corrected chi connectivity index (χ0v) is 13.9. The summed E-state index contributed by atoms with van der Waals surface area (Å²) in [6.07, 6.45) is 6.10. The Balaban J connectivity index is 1.99. The molecular formula is C17H34N2O. The van der Waals surface area contributed by atoms with Gasteiger partial charge in [-0.25, -0.2) is 0 Å². The Bertz CT molecular complexity index is 314. The lowest BCUT2D eigenvalue weighted by Gasteiger charge is -2.47. The minimum absolute atomic E-state index is 0.400. The maximum absolute atomic E-state index is 10.3. The molecule has 1 saturated carbocycles. The van der Waals surface area contributed by atoms with Gasteiger partial charge in [-0.05, 0) is 57.0 Å². The maximum Gasteiger partial charge on any atom is 0.0746 e. The molecule has 0 radical (unpaired) electrons. The summed E-state index contributed by atoms with van der Waals surface area (Å²) in [6, 6.07) is 0.619.